The number of nitrogens with zero attached hydrogens (tertiary/aromatic N) is 1. The highest BCUT2D eigenvalue weighted by atomic mass is 16.6. The molecule has 108 valence electrons. The maximum atomic E-state index is 12.0. The van der Waals surface area contributed by atoms with Gasteiger partial charge >= 0.3 is 6.09 Å². The summed E-state index contributed by atoms with van der Waals surface area (Å²) >= 11 is 0. The third-order valence-corrected chi connectivity index (χ3v) is 4.02. The predicted molar refractivity (Wildman–Crippen MR) is 77.3 cm³/mol. The summed E-state index contributed by atoms with van der Waals surface area (Å²) in [5.74, 6) is 0.583. The Morgan fingerprint density at radius 3 is 2.80 bits per heavy atom. The number of nitrogens with one attached hydrogen (secondary N) is 1. The van der Waals surface area contributed by atoms with E-state index < -0.39 is 0 Å². The highest BCUT2D eigenvalue weighted by Gasteiger charge is 2.29. The lowest BCUT2D eigenvalue weighted by molar-refractivity contribution is 0.103. The molecule has 0 spiro atoms. The van der Waals surface area contributed by atoms with E-state index in [9.17, 15) is 4.79 Å². The number of carbonyl (C=O) groups is 1. The molecule has 1 aromatic rings. The molecular formula is C16H22N2O2. The normalized spacial score (nSPS) is 22.0. The molecule has 1 amide bonds. The smallest absolute Gasteiger partial charge is 0.410 e. The van der Waals surface area contributed by atoms with Gasteiger partial charge in [-0.3, -0.25) is 0 Å². The van der Waals surface area contributed by atoms with Crippen molar-refractivity contribution >= 4 is 6.09 Å². The molecule has 2 aliphatic rings. The highest BCUT2D eigenvalue weighted by molar-refractivity contribution is 5.68. The molecule has 2 fully saturated rings. The van der Waals surface area contributed by atoms with Crippen LogP contribution < -0.4 is 5.32 Å². The second-order valence-electron chi connectivity index (χ2n) is 5.82. The molecule has 1 aliphatic heterocycles. The zero-order valence-electron chi connectivity index (χ0n) is 11.8. The zero-order valence-corrected chi connectivity index (χ0v) is 11.8. The number of benzene rings is 1. The van der Waals surface area contributed by atoms with Gasteiger partial charge in [-0.15, -0.1) is 0 Å². The summed E-state index contributed by atoms with van der Waals surface area (Å²) in [6.45, 7) is 3.05. The predicted octanol–water partition coefficient (Wildman–Crippen LogP) is 2.40. The Kier molecular flexibility index (Phi) is 4.21. The van der Waals surface area contributed by atoms with E-state index >= 15 is 0 Å². The van der Waals surface area contributed by atoms with Crippen LogP contribution in [-0.4, -0.2) is 36.7 Å². The van der Waals surface area contributed by atoms with Crippen LogP contribution >= 0.6 is 0 Å². The molecule has 0 aromatic heterocycles. The summed E-state index contributed by atoms with van der Waals surface area (Å²) in [6, 6.07) is 10.6. The lowest BCUT2D eigenvalue weighted by Gasteiger charge is -2.16. The van der Waals surface area contributed by atoms with Crippen molar-refractivity contribution in [1.29, 1.82) is 0 Å². The van der Waals surface area contributed by atoms with Crippen molar-refractivity contribution in [2.75, 3.05) is 19.6 Å². The van der Waals surface area contributed by atoms with E-state index in [4.69, 9.17) is 4.74 Å². The average Bonchev–Trinajstić information content (AvgIpc) is 3.20. The van der Waals surface area contributed by atoms with E-state index in [1.807, 2.05) is 35.2 Å². The third-order valence-electron chi connectivity index (χ3n) is 4.02. The van der Waals surface area contributed by atoms with E-state index in [-0.39, 0.29) is 6.09 Å². The minimum Gasteiger partial charge on any atom is -0.445 e. The summed E-state index contributed by atoms with van der Waals surface area (Å²) in [5, 5.41) is 3.54. The first-order valence-electron chi connectivity index (χ1n) is 7.50. The number of carbonyl (C=O) groups excluding carboxylic acids is 1. The van der Waals surface area contributed by atoms with Gasteiger partial charge in [0.25, 0.3) is 0 Å². The highest BCUT2D eigenvalue weighted by Crippen LogP contribution is 2.21. The molecule has 0 bridgehead atoms. The molecule has 1 saturated heterocycles. The van der Waals surface area contributed by atoms with E-state index in [0.29, 0.717) is 12.5 Å². The quantitative estimate of drug-likeness (QED) is 0.896. The molecular weight excluding hydrogens is 252 g/mol. The van der Waals surface area contributed by atoms with E-state index in [1.54, 1.807) is 0 Å². The van der Waals surface area contributed by atoms with Gasteiger partial charge in [-0.2, -0.15) is 0 Å². The first kappa shape index (κ1) is 13.4. The van der Waals surface area contributed by atoms with Crippen LogP contribution in [-0.2, 0) is 11.3 Å². The minimum absolute atomic E-state index is 0.178. The summed E-state index contributed by atoms with van der Waals surface area (Å²) in [5.41, 5.74) is 1.03. The molecule has 4 heteroatoms. The largest absolute Gasteiger partial charge is 0.445 e. The molecule has 20 heavy (non-hydrogen) atoms. The van der Waals surface area contributed by atoms with Crippen LogP contribution in [0.15, 0.2) is 30.3 Å². The Labute approximate surface area is 120 Å². The van der Waals surface area contributed by atoms with Crippen molar-refractivity contribution in [3.63, 3.8) is 0 Å². The van der Waals surface area contributed by atoms with E-state index in [1.165, 1.54) is 12.8 Å². The average molecular weight is 274 g/mol. The van der Waals surface area contributed by atoms with Crippen LogP contribution in [0.2, 0.25) is 0 Å². The SMILES string of the molecule is O=C(OCc1ccccc1)N1CCC(CNC2CC2)C1. The number of likely N-dealkylation sites (tertiary alicyclic amines) is 1. The molecule has 0 radical (unpaired) electrons. The lowest BCUT2D eigenvalue weighted by Crippen LogP contribution is -2.31. The number of hydrogen-bond donors (Lipinski definition) is 1. The number of ether oxygens (including phenoxy) is 1. The molecule has 1 atom stereocenters. The fourth-order valence-electron chi connectivity index (χ4n) is 2.60. The van der Waals surface area contributed by atoms with E-state index in [2.05, 4.69) is 5.32 Å². The summed E-state index contributed by atoms with van der Waals surface area (Å²) in [6.07, 6.45) is 3.54. The van der Waals surface area contributed by atoms with Crippen LogP contribution in [0.1, 0.15) is 24.8 Å². The Bertz CT molecular complexity index is 445. The van der Waals surface area contributed by atoms with Crippen LogP contribution in [0.4, 0.5) is 4.79 Å². The maximum Gasteiger partial charge on any atom is 0.410 e. The zero-order chi connectivity index (χ0) is 13.8. The second kappa shape index (κ2) is 6.27. The van der Waals surface area contributed by atoms with Crippen molar-refractivity contribution in [3.8, 4) is 0 Å². The van der Waals surface area contributed by atoms with Crippen molar-refractivity contribution in [1.82, 2.24) is 10.2 Å². The molecule has 4 nitrogen and oxygen atoms in total. The minimum atomic E-state index is -0.178. The fraction of sp³-hybridized carbons (Fsp3) is 0.562. The topological polar surface area (TPSA) is 41.6 Å². The van der Waals surface area contributed by atoms with E-state index in [0.717, 1.165) is 37.7 Å². The first-order chi connectivity index (χ1) is 9.81. The molecule has 1 N–H and O–H groups in total. The Hall–Kier alpha value is -1.55. The Balaban J connectivity index is 1.39. The molecule has 1 heterocycles. The number of rotatable bonds is 5. The van der Waals surface area contributed by atoms with Crippen molar-refractivity contribution in [2.45, 2.75) is 31.9 Å². The Morgan fingerprint density at radius 2 is 2.05 bits per heavy atom. The second-order valence-corrected chi connectivity index (χ2v) is 5.82. The summed E-state index contributed by atoms with van der Waals surface area (Å²) < 4.78 is 5.36. The number of amides is 1. The van der Waals surface area contributed by atoms with Crippen LogP contribution in [0, 0.1) is 5.92 Å². The van der Waals surface area contributed by atoms with Gasteiger partial charge in [0, 0.05) is 19.1 Å². The molecule has 3 rings (SSSR count). The van der Waals surface area contributed by atoms with Crippen LogP contribution in [0.25, 0.3) is 0 Å². The van der Waals surface area contributed by atoms with Crippen LogP contribution in [0.3, 0.4) is 0 Å². The van der Waals surface area contributed by atoms with Gasteiger partial charge in [-0.25, -0.2) is 4.79 Å². The summed E-state index contributed by atoms with van der Waals surface area (Å²) in [4.78, 5) is 13.8. The van der Waals surface area contributed by atoms with Gasteiger partial charge in [-0.1, -0.05) is 30.3 Å². The molecule has 1 aromatic carbocycles. The first-order valence-corrected chi connectivity index (χ1v) is 7.50. The molecule has 1 saturated carbocycles. The fourth-order valence-corrected chi connectivity index (χ4v) is 2.60. The van der Waals surface area contributed by atoms with Gasteiger partial charge in [0.1, 0.15) is 6.61 Å². The summed E-state index contributed by atoms with van der Waals surface area (Å²) in [7, 11) is 0. The lowest BCUT2D eigenvalue weighted by atomic mass is 10.1. The van der Waals surface area contributed by atoms with Gasteiger partial charge in [0.2, 0.25) is 0 Å². The van der Waals surface area contributed by atoms with Crippen molar-refractivity contribution < 1.29 is 9.53 Å². The number of hydrogen-bond acceptors (Lipinski definition) is 3. The Morgan fingerprint density at radius 1 is 1.25 bits per heavy atom. The standard InChI is InChI=1S/C16H22N2O2/c19-16(20-12-13-4-2-1-3-5-13)18-9-8-14(11-18)10-17-15-6-7-15/h1-5,14-15,17H,6-12H2. The molecule has 1 aliphatic carbocycles. The monoisotopic (exact) mass is 274 g/mol. The van der Waals surface area contributed by atoms with Gasteiger partial charge in [0.05, 0.1) is 0 Å². The van der Waals surface area contributed by atoms with Crippen molar-refractivity contribution in [3.05, 3.63) is 35.9 Å². The van der Waals surface area contributed by atoms with Gasteiger partial charge in [-0.05, 0) is 37.3 Å². The van der Waals surface area contributed by atoms with Crippen molar-refractivity contribution in [2.24, 2.45) is 5.92 Å². The van der Waals surface area contributed by atoms with Gasteiger partial charge in [0.15, 0.2) is 0 Å². The molecule has 1 unspecified atom stereocenters. The van der Waals surface area contributed by atoms with Gasteiger partial charge < -0.3 is 15.0 Å². The maximum absolute atomic E-state index is 12.0. The third kappa shape index (κ3) is 3.73. The van der Waals surface area contributed by atoms with Crippen LogP contribution in [0.5, 0.6) is 0 Å².